The lowest BCUT2D eigenvalue weighted by atomic mass is 9.89. The largest absolute Gasteiger partial charge is 0.380 e. The maximum absolute atomic E-state index is 13.7. The molecule has 0 amide bonds. The number of imidazole rings is 1. The Balaban J connectivity index is 1.27. The number of thiocarbonyl (C=S) groups is 1. The summed E-state index contributed by atoms with van der Waals surface area (Å²) in [5.41, 5.74) is 7.88. The summed E-state index contributed by atoms with van der Waals surface area (Å²) in [5.74, 6) is 1.43. The Labute approximate surface area is 213 Å². The van der Waals surface area contributed by atoms with Crippen LogP contribution < -0.4 is 10.6 Å². The van der Waals surface area contributed by atoms with E-state index in [0.717, 1.165) is 65.9 Å². The number of aromatic nitrogens is 3. The summed E-state index contributed by atoms with van der Waals surface area (Å²) in [6.07, 6.45) is 3.49. The molecule has 0 saturated carbocycles. The van der Waals surface area contributed by atoms with Crippen LogP contribution in [0, 0.1) is 11.7 Å². The minimum Gasteiger partial charge on any atom is -0.380 e. The molecule has 1 aromatic carbocycles. The minimum absolute atomic E-state index is 0.303. The molecule has 2 N–H and O–H groups in total. The highest BCUT2D eigenvalue weighted by Crippen LogP contribution is 2.38. The number of halogens is 1. The van der Waals surface area contributed by atoms with Gasteiger partial charge in [0, 0.05) is 54.9 Å². The molecule has 0 aliphatic carbocycles. The van der Waals surface area contributed by atoms with E-state index in [1.165, 1.54) is 17.7 Å². The SMILES string of the molecule is CN1Cc2nc(Nc3ccc(-c4cnc5cc(F)ccn45)c4c3C(=S)NC4)ccc2[C@H]2COC[C@H]2C1. The highest BCUT2D eigenvalue weighted by Gasteiger charge is 2.35. The lowest BCUT2D eigenvalue weighted by Gasteiger charge is -2.18. The number of ether oxygens (including phenoxy) is 1. The van der Waals surface area contributed by atoms with Crippen molar-refractivity contribution < 1.29 is 9.13 Å². The van der Waals surface area contributed by atoms with Crippen LogP contribution in [0.5, 0.6) is 0 Å². The number of benzene rings is 1. The Hall–Kier alpha value is -3.40. The molecule has 9 heteroatoms. The minimum atomic E-state index is -0.303. The van der Waals surface area contributed by atoms with Gasteiger partial charge in [0.25, 0.3) is 0 Å². The van der Waals surface area contributed by atoms with Gasteiger partial charge in [0.05, 0.1) is 36.5 Å². The van der Waals surface area contributed by atoms with Crippen molar-refractivity contribution in [3.63, 3.8) is 0 Å². The fourth-order valence-electron chi connectivity index (χ4n) is 5.87. The van der Waals surface area contributed by atoms with E-state index in [1.807, 2.05) is 10.5 Å². The summed E-state index contributed by atoms with van der Waals surface area (Å²) in [5, 5.41) is 6.86. The van der Waals surface area contributed by atoms with E-state index in [-0.39, 0.29) is 5.82 Å². The van der Waals surface area contributed by atoms with E-state index in [1.54, 1.807) is 12.4 Å². The molecule has 182 valence electrons. The second-order valence-corrected chi connectivity index (χ2v) is 10.3. The smallest absolute Gasteiger partial charge is 0.140 e. The van der Waals surface area contributed by atoms with E-state index < -0.39 is 0 Å². The predicted molar refractivity (Wildman–Crippen MR) is 140 cm³/mol. The molecular formula is C27H25FN6OS. The molecule has 0 unspecified atom stereocenters. The maximum atomic E-state index is 13.7. The average molecular weight is 501 g/mol. The van der Waals surface area contributed by atoms with Crippen LogP contribution in [-0.4, -0.2) is 51.1 Å². The first-order valence-electron chi connectivity index (χ1n) is 12.2. The van der Waals surface area contributed by atoms with E-state index in [9.17, 15) is 4.39 Å². The van der Waals surface area contributed by atoms with Gasteiger partial charge >= 0.3 is 0 Å². The molecule has 7 rings (SSSR count). The topological polar surface area (TPSA) is 66.7 Å². The summed E-state index contributed by atoms with van der Waals surface area (Å²) in [6, 6.07) is 11.3. The molecule has 0 bridgehead atoms. The van der Waals surface area contributed by atoms with Crippen molar-refractivity contribution in [1.29, 1.82) is 0 Å². The summed E-state index contributed by atoms with van der Waals surface area (Å²) < 4.78 is 21.4. The Morgan fingerprint density at radius 3 is 3.03 bits per heavy atom. The second kappa shape index (κ2) is 8.33. The number of fused-ring (bicyclic) bond motifs is 5. The van der Waals surface area contributed by atoms with Gasteiger partial charge in [-0.2, -0.15) is 0 Å². The number of anilines is 2. The molecule has 3 aromatic heterocycles. The Morgan fingerprint density at radius 2 is 2.11 bits per heavy atom. The van der Waals surface area contributed by atoms with E-state index in [4.69, 9.17) is 21.9 Å². The third kappa shape index (κ3) is 3.49. The first-order chi connectivity index (χ1) is 17.5. The average Bonchev–Trinajstić information content (AvgIpc) is 3.57. The second-order valence-electron chi connectivity index (χ2n) is 9.87. The molecule has 1 saturated heterocycles. The van der Waals surface area contributed by atoms with Crippen molar-refractivity contribution in [3.05, 3.63) is 77.0 Å². The zero-order valence-electron chi connectivity index (χ0n) is 19.8. The van der Waals surface area contributed by atoms with Crippen LogP contribution in [0.2, 0.25) is 0 Å². The maximum Gasteiger partial charge on any atom is 0.140 e. The number of nitrogens with zero attached hydrogens (tertiary/aromatic N) is 4. The van der Waals surface area contributed by atoms with Crippen LogP contribution in [0.1, 0.15) is 28.3 Å². The number of hydrogen-bond donors (Lipinski definition) is 2. The third-order valence-corrected chi connectivity index (χ3v) is 7.90. The lowest BCUT2D eigenvalue weighted by molar-refractivity contribution is 0.171. The predicted octanol–water partition coefficient (Wildman–Crippen LogP) is 4.23. The van der Waals surface area contributed by atoms with E-state index in [0.29, 0.717) is 29.0 Å². The molecule has 3 aliphatic rings. The van der Waals surface area contributed by atoms with Gasteiger partial charge in [-0.1, -0.05) is 24.4 Å². The highest BCUT2D eigenvalue weighted by atomic mass is 32.1. The Bertz CT molecular complexity index is 1530. The standard InChI is InChI=1S/C27H25FN6OS/c1-33-11-15-13-35-14-20(15)17-3-5-24(32-22(17)12-33)31-21-4-2-18(19-9-30-27(36)26(19)21)23-10-29-25-8-16(28)6-7-34(23)25/h2-8,10,15,20H,9,11-14H2,1H3,(H,30,36)(H,31,32)/t15-,20+/m1/s1. The first kappa shape index (κ1) is 21.8. The summed E-state index contributed by atoms with van der Waals surface area (Å²) in [7, 11) is 2.15. The molecular weight excluding hydrogens is 475 g/mol. The summed E-state index contributed by atoms with van der Waals surface area (Å²) >= 11 is 5.70. The van der Waals surface area contributed by atoms with Crippen molar-refractivity contribution in [2.45, 2.75) is 19.0 Å². The quantitative estimate of drug-likeness (QED) is 0.408. The fourth-order valence-corrected chi connectivity index (χ4v) is 6.18. The summed E-state index contributed by atoms with van der Waals surface area (Å²) in [6.45, 7) is 4.06. The van der Waals surface area contributed by atoms with Crippen molar-refractivity contribution in [2.24, 2.45) is 5.92 Å². The molecule has 0 radical (unpaired) electrons. The number of rotatable bonds is 3. The van der Waals surface area contributed by atoms with Crippen LogP contribution in [0.15, 0.2) is 48.8 Å². The van der Waals surface area contributed by atoms with Gasteiger partial charge in [0.1, 0.15) is 22.3 Å². The third-order valence-electron chi connectivity index (χ3n) is 7.55. The van der Waals surface area contributed by atoms with Crippen LogP contribution in [0.3, 0.4) is 0 Å². The molecule has 4 aromatic rings. The van der Waals surface area contributed by atoms with Crippen molar-refractivity contribution in [2.75, 3.05) is 32.1 Å². The van der Waals surface area contributed by atoms with Crippen molar-refractivity contribution in [1.82, 2.24) is 24.6 Å². The molecule has 3 aliphatic heterocycles. The monoisotopic (exact) mass is 500 g/mol. The van der Waals surface area contributed by atoms with Crippen molar-refractivity contribution in [3.8, 4) is 11.3 Å². The van der Waals surface area contributed by atoms with E-state index >= 15 is 0 Å². The fraction of sp³-hybridized carbons (Fsp3) is 0.296. The lowest BCUT2D eigenvalue weighted by Crippen LogP contribution is -2.25. The molecule has 0 spiro atoms. The normalized spacial score (nSPS) is 21.1. The molecule has 36 heavy (non-hydrogen) atoms. The Morgan fingerprint density at radius 1 is 1.19 bits per heavy atom. The van der Waals surface area contributed by atoms with Gasteiger partial charge in [-0.05, 0) is 36.4 Å². The zero-order chi connectivity index (χ0) is 24.4. The van der Waals surface area contributed by atoms with Crippen LogP contribution >= 0.6 is 12.2 Å². The van der Waals surface area contributed by atoms with Gasteiger partial charge < -0.3 is 20.3 Å². The number of hydrogen-bond acceptors (Lipinski definition) is 6. The van der Waals surface area contributed by atoms with Crippen molar-refractivity contribution >= 4 is 34.4 Å². The number of pyridine rings is 2. The number of nitrogens with one attached hydrogen (secondary N) is 2. The van der Waals surface area contributed by atoms with Gasteiger partial charge in [-0.25, -0.2) is 14.4 Å². The first-order valence-corrected chi connectivity index (χ1v) is 12.6. The van der Waals surface area contributed by atoms with Gasteiger partial charge in [0.15, 0.2) is 0 Å². The molecule has 7 nitrogen and oxygen atoms in total. The van der Waals surface area contributed by atoms with Gasteiger partial charge in [-0.15, -0.1) is 0 Å². The molecule has 6 heterocycles. The highest BCUT2D eigenvalue weighted by molar-refractivity contribution is 7.80. The van der Waals surface area contributed by atoms with Gasteiger partial charge in [0.2, 0.25) is 0 Å². The van der Waals surface area contributed by atoms with Crippen LogP contribution in [0.4, 0.5) is 15.9 Å². The van der Waals surface area contributed by atoms with E-state index in [2.05, 4.69) is 45.8 Å². The molecule has 2 atom stereocenters. The van der Waals surface area contributed by atoms with Crippen LogP contribution in [0.25, 0.3) is 16.9 Å². The Kier molecular flexibility index (Phi) is 5.06. The molecule has 1 fully saturated rings. The summed E-state index contributed by atoms with van der Waals surface area (Å²) in [4.78, 5) is 12.5. The van der Waals surface area contributed by atoms with Gasteiger partial charge in [-0.3, -0.25) is 4.40 Å². The zero-order valence-corrected chi connectivity index (χ0v) is 20.6. The van der Waals surface area contributed by atoms with Crippen LogP contribution in [-0.2, 0) is 17.8 Å².